The van der Waals surface area contributed by atoms with E-state index in [0.717, 1.165) is 0 Å². The van der Waals surface area contributed by atoms with Crippen LogP contribution in [-0.4, -0.2) is 22.9 Å². The fourth-order valence-electron chi connectivity index (χ4n) is 1.06. The van der Waals surface area contributed by atoms with E-state index in [-0.39, 0.29) is 5.56 Å². The summed E-state index contributed by atoms with van der Waals surface area (Å²) in [5, 5.41) is 8.93. The van der Waals surface area contributed by atoms with E-state index in [9.17, 15) is 13.6 Å². The van der Waals surface area contributed by atoms with Gasteiger partial charge in [-0.05, 0) is 0 Å². The molecule has 1 atom stereocenters. The predicted molar refractivity (Wildman–Crippen MR) is 51.9 cm³/mol. The highest BCUT2D eigenvalue weighted by Crippen LogP contribution is 2.24. The highest BCUT2D eigenvalue weighted by Gasteiger charge is 2.45. The van der Waals surface area contributed by atoms with Gasteiger partial charge < -0.3 is 5.11 Å². The average Bonchev–Trinajstić information content (AvgIpc) is 2.28. The summed E-state index contributed by atoms with van der Waals surface area (Å²) >= 11 is 0. The van der Waals surface area contributed by atoms with Gasteiger partial charge in [-0.2, -0.15) is 8.78 Å². The van der Waals surface area contributed by atoms with Crippen molar-refractivity contribution in [3.05, 3.63) is 48.6 Å². The molecular weight excluding hydrogens is 202 g/mol. The maximum absolute atomic E-state index is 13.2. The molecule has 0 amide bonds. The van der Waals surface area contributed by atoms with Crippen LogP contribution in [0.2, 0.25) is 0 Å². The molecule has 0 aromatic heterocycles. The summed E-state index contributed by atoms with van der Waals surface area (Å²) in [5.74, 6) is -5.24. The molecule has 1 aromatic rings. The van der Waals surface area contributed by atoms with Crippen LogP contribution in [0.4, 0.5) is 8.78 Å². The lowest BCUT2D eigenvalue weighted by Crippen LogP contribution is -2.40. The van der Waals surface area contributed by atoms with E-state index in [4.69, 9.17) is 5.11 Å². The van der Waals surface area contributed by atoms with Crippen LogP contribution in [-0.2, 0) is 0 Å². The van der Waals surface area contributed by atoms with Crippen molar-refractivity contribution in [2.45, 2.75) is 12.0 Å². The first kappa shape index (κ1) is 11.5. The number of ketones is 1. The van der Waals surface area contributed by atoms with E-state index in [1.165, 1.54) is 24.3 Å². The number of Topliss-reactive ketones (excluding diaryl/α,β-unsaturated/α-hetero) is 1. The number of aliphatic hydroxyl groups excluding tert-OH is 1. The molecule has 0 heterocycles. The molecule has 15 heavy (non-hydrogen) atoms. The monoisotopic (exact) mass is 212 g/mol. The van der Waals surface area contributed by atoms with Crippen molar-refractivity contribution in [2.24, 2.45) is 0 Å². The third-order valence-electron chi connectivity index (χ3n) is 1.93. The molecule has 1 rings (SSSR count). The number of benzene rings is 1. The molecule has 2 nitrogen and oxygen atoms in total. The van der Waals surface area contributed by atoms with Gasteiger partial charge in [0.25, 0.3) is 0 Å². The second-order valence-corrected chi connectivity index (χ2v) is 3.00. The molecule has 0 radical (unpaired) electrons. The van der Waals surface area contributed by atoms with Gasteiger partial charge in [-0.25, -0.2) is 0 Å². The summed E-state index contributed by atoms with van der Waals surface area (Å²) in [7, 11) is 0. The minimum Gasteiger partial charge on any atom is -0.382 e. The van der Waals surface area contributed by atoms with Crippen LogP contribution >= 0.6 is 0 Å². The van der Waals surface area contributed by atoms with Crippen LogP contribution in [0.25, 0.3) is 0 Å². The quantitative estimate of drug-likeness (QED) is 0.612. The van der Waals surface area contributed by atoms with Crippen LogP contribution in [0, 0.1) is 0 Å². The number of carbonyl (C=O) groups excluding carboxylic acids is 1. The smallest absolute Gasteiger partial charge is 0.338 e. The zero-order chi connectivity index (χ0) is 11.5. The van der Waals surface area contributed by atoms with E-state index in [1.807, 2.05) is 0 Å². The van der Waals surface area contributed by atoms with Crippen LogP contribution in [0.3, 0.4) is 0 Å². The van der Waals surface area contributed by atoms with E-state index in [2.05, 4.69) is 6.58 Å². The Morgan fingerprint density at radius 3 is 2.40 bits per heavy atom. The summed E-state index contributed by atoms with van der Waals surface area (Å²) in [6.45, 7) is 3.02. The maximum Gasteiger partial charge on any atom is 0.338 e. The third kappa shape index (κ3) is 2.27. The van der Waals surface area contributed by atoms with Gasteiger partial charge in [0.2, 0.25) is 5.78 Å². The Bertz CT molecular complexity index is 360. The lowest BCUT2D eigenvalue weighted by atomic mass is 10.0. The van der Waals surface area contributed by atoms with E-state index < -0.39 is 17.8 Å². The molecule has 0 aliphatic heterocycles. The SMILES string of the molecule is C=CC(O)C(F)(F)C(=O)c1ccccc1. The molecule has 80 valence electrons. The predicted octanol–water partition coefficient (Wildman–Crippen LogP) is 2.05. The standard InChI is InChI=1S/C11H10F2O2/c1-2-9(14)11(12,13)10(15)8-6-4-3-5-7-8/h2-7,9,14H,1H2. The first-order chi connectivity index (χ1) is 7.00. The summed E-state index contributed by atoms with van der Waals surface area (Å²) in [6, 6.07) is 7.10. The molecule has 0 aliphatic rings. The zero-order valence-electron chi connectivity index (χ0n) is 7.86. The van der Waals surface area contributed by atoms with Gasteiger partial charge in [-0.1, -0.05) is 36.4 Å². The van der Waals surface area contributed by atoms with Crippen LogP contribution in [0.5, 0.6) is 0 Å². The largest absolute Gasteiger partial charge is 0.382 e. The topological polar surface area (TPSA) is 37.3 Å². The molecule has 0 bridgehead atoms. The number of hydrogen-bond donors (Lipinski definition) is 1. The molecule has 0 aliphatic carbocycles. The molecule has 1 aromatic carbocycles. The van der Waals surface area contributed by atoms with Crippen molar-refractivity contribution in [2.75, 3.05) is 0 Å². The van der Waals surface area contributed by atoms with Crippen LogP contribution in [0.15, 0.2) is 43.0 Å². The second-order valence-electron chi connectivity index (χ2n) is 3.00. The average molecular weight is 212 g/mol. The highest BCUT2D eigenvalue weighted by atomic mass is 19.3. The summed E-state index contributed by atoms with van der Waals surface area (Å²) in [6.07, 6.45) is -1.52. The van der Waals surface area contributed by atoms with Crippen molar-refractivity contribution in [1.29, 1.82) is 0 Å². The Morgan fingerprint density at radius 1 is 1.40 bits per heavy atom. The Morgan fingerprint density at radius 2 is 1.93 bits per heavy atom. The van der Waals surface area contributed by atoms with Gasteiger partial charge in [0, 0.05) is 5.56 Å². The van der Waals surface area contributed by atoms with Crippen molar-refractivity contribution >= 4 is 5.78 Å². The zero-order valence-corrected chi connectivity index (χ0v) is 7.86. The summed E-state index contributed by atoms with van der Waals surface area (Å²) < 4.78 is 26.5. The Balaban J connectivity index is 2.99. The number of hydrogen-bond acceptors (Lipinski definition) is 2. The van der Waals surface area contributed by atoms with Gasteiger partial charge in [0.1, 0.15) is 6.10 Å². The molecule has 1 N–H and O–H groups in total. The highest BCUT2D eigenvalue weighted by molar-refractivity contribution is 6.01. The maximum atomic E-state index is 13.2. The van der Waals surface area contributed by atoms with Gasteiger partial charge in [0.15, 0.2) is 0 Å². The Labute approximate surface area is 85.9 Å². The molecule has 0 spiro atoms. The van der Waals surface area contributed by atoms with Crippen molar-refractivity contribution in [3.8, 4) is 0 Å². The van der Waals surface area contributed by atoms with Crippen LogP contribution < -0.4 is 0 Å². The first-order valence-electron chi connectivity index (χ1n) is 4.28. The Kier molecular flexibility index (Phi) is 3.31. The molecule has 4 heteroatoms. The van der Waals surface area contributed by atoms with E-state index in [0.29, 0.717) is 6.08 Å². The number of aliphatic hydroxyl groups is 1. The van der Waals surface area contributed by atoms with Crippen molar-refractivity contribution in [3.63, 3.8) is 0 Å². The fraction of sp³-hybridized carbons (Fsp3) is 0.182. The van der Waals surface area contributed by atoms with Crippen molar-refractivity contribution < 1.29 is 18.7 Å². The van der Waals surface area contributed by atoms with E-state index in [1.54, 1.807) is 6.07 Å². The second kappa shape index (κ2) is 4.31. The Hall–Kier alpha value is -1.55. The number of alkyl halides is 2. The molecule has 0 saturated carbocycles. The number of carbonyl (C=O) groups is 1. The van der Waals surface area contributed by atoms with Crippen molar-refractivity contribution in [1.82, 2.24) is 0 Å². The minimum absolute atomic E-state index is 0.136. The molecular formula is C11H10F2O2. The van der Waals surface area contributed by atoms with Crippen LogP contribution in [0.1, 0.15) is 10.4 Å². The number of halogens is 2. The lowest BCUT2D eigenvalue weighted by Gasteiger charge is -2.18. The van der Waals surface area contributed by atoms with Gasteiger partial charge in [-0.15, -0.1) is 6.58 Å². The van der Waals surface area contributed by atoms with Gasteiger partial charge >= 0.3 is 5.92 Å². The first-order valence-corrected chi connectivity index (χ1v) is 4.28. The fourth-order valence-corrected chi connectivity index (χ4v) is 1.06. The molecule has 1 unspecified atom stereocenters. The van der Waals surface area contributed by atoms with E-state index >= 15 is 0 Å². The third-order valence-corrected chi connectivity index (χ3v) is 1.93. The molecule has 0 saturated heterocycles. The summed E-state index contributed by atoms with van der Waals surface area (Å²) in [4.78, 5) is 11.3. The number of rotatable bonds is 4. The molecule has 0 fully saturated rings. The summed E-state index contributed by atoms with van der Waals surface area (Å²) in [5.41, 5.74) is -0.136. The lowest BCUT2D eigenvalue weighted by molar-refractivity contribution is -0.0568. The van der Waals surface area contributed by atoms with Gasteiger partial charge in [0.05, 0.1) is 0 Å². The normalized spacial score (nSPS) is 13.3. The van der Waals surface area contributed by atoms with Gasteiger partial charge in [-0.3, -0.25) is 4.79 Å². The minimum atomic E-state index is -3.83.